The number of hydrogen-bond acceptors (Lipinski definition) is 2. The van der Waals surface area contributed by atoms with Crippen molar-refractivity contribution in [1.29, 1.82) is 0 Å². The molecule has 2 aromatic carbocycles. The van der Waals surface area contributed by atoms with E-state index in [4.69, 9.17) is 4.74 Å². The van der Waals surface area contributed by atoms with Gasteiger partial charge in [0.15, 0.2) is 0 Å². The van der Waals surface area contributed by atoms with Gasteiger partial charge in [-0.1, -0.05) is 44.2 Å². The van der Waals surface area contributed by atoms with Gasteiger partial charge in [0.2, 0.25) is 0 Å². The van der Waals surface area contributed by atoms with E-state index in [0.29, 0.717) is 11.3 Å². The van der Waals surface area contributed by atoms with Crippen molar-refractivity contribution in [3.8, 4) is 5.75 Å². The number of hydrogen-bond donors (Lipinski definition) is 1. The van der Waals surface area contributed by atoms with Gasteiger partial charge < -0.3 is 9.84 Å². The van der Waals surface area contributed by atoms with Crippen molar-refractivity contribution in [1.82, 2.24) is 0 Å². The SMILES string of the molecule is CC(C)(CC1COc2ccc3ccccc3c2[C@H]1O)C(F)(F)F. The van der Waals surface area contributed by atoms with E-state index < -0.39 is 23.6 Å². The Morgan fingerprint density at radius 2 is 1.83 bits per heavy atom. The number of halogens is 3. The fourth-order valence-corrected chi connectivity index (χ4v) is 3.17. The zero-order chi connectivity index (χ0) is 16.8. The first kappa shape index (κ1) is 16.1. The molecule has 1 N–H and O–H groups in total. The molecule has 2 atom stereocenters. The zero-order valence-corrected chi connectivity index (χ0v) is 13.0. The average Bonchev–Trinajstić information content (AvgIpc) is 2.48. The molecule has 2 aromatic rings. The molecule has 124 valence electrons. The van der Waals surface area contributed by atoms with Gasteiger partial charge in [-0.15, -0.1) is 0 Å². The molecule has 0 spiro atoms. The molecule has 5 heteroatoms. The molecule has 0 amide bonds. The van der Waals surface area contributed by atoms with Crippen LogP contribution in [0.25, 0.3) is 10.8 Å². The molecule has 0 radical (unpaired) electrons. The fraction of sp³-hybridized carbons (Fsp3) is 0.444. The second-order valence-corrected chi connectivity index (χ2v) is 6.80. The van der Waals surface area contributed by atoms with Crippen molar-refractivity contribution in [2.24, 2.45) is 11.3 Å². The molecule has 0 saturated heterocycles. The highest BCUT2D eigenvalue weighted by molar-refractivity contribution is 5.88. The molecule has 0 aliphatic carbocycles. The molecular formula is C18H19F3O2. The minimum atomic E-state index is -4.31. The summed E-state index contributed by atoms with van der Waals surface area (Å²) in [5.41, 5.74) is -1.28. The summed E-state index contributed by atoms with van der Waals surface area (Å²) in [4.78, 5) is 0. The number of fused-ring (bicyclic) bond motifs is 3. The van der Waals surface area contributed by atoms with Crippen molar-refractivity contribution < 1.29 is 23.0 Å². The maximum absolute atomic E-state index is 13.1. The predicted molar refractivity (Wildman–Crippen MR) is 82.3 cm³/mol. The van der Waals surface area contributed by atoms with Crippen LogP contribution in [0.4, 0.5) is 13.2 Å². The van der Waals surface area contributed by atoms with Crippen LogP contribution in [-0.4, -0.2) is 17.9 Å². The van der Waals surface area contributed by atoms with E-state index in [1.807, 2.05) is 30.3 Å². The van der Waals surface area contributed by atoms with E-state index in [2.05, 4.69) is 0 Å². The summed E-state index contributed by atoms with van der Waals surface area (Å²) in [5, 5.41) is 12.5. The standard InChI is InChI=1S/C18H19F3O2/c1-17(2,18(19,20)21)9-12-10-23-14-8-7-11-5-3-4-6-13(11)15(14)16(12)22/h3-8,12,16,22H,9-10H2,1-2H3/t12?,16-/m0/s1. The molecular weight excluding hydrogens is 305 g/mol. The second-order valence-electron chi connectivity index (χ2n) is 6.80. The van der Waals surface area contributed by atoms with Gasteiger partial charge in [-0.2, -0.15) is 13.2 Å². The Morgan fingerprint density at radius 1 is 1.13 bits per heavy atom. The van der Waals surface area contributed by atoms with Gasteiger partial charge in [0.25, 0.3) is 0 Å². The number of rotatable bonds is 2. The van der Waals surface area contributed by atoms with Crippen LogP contribution >= 0.6 is 0 Å². The minimum Gasteiger partial charge on any atom is -0.493 e. The van der Waals surface area contributed by atoms with Crippen LogP contribution < -0.4 is 4.74 Å². The van der Waals surface area contributed by atoms with Crippen LogP contribution in [0.5, 0.6) is 5.75 Å². The third-order valence-electron chi connectivity index (χ3n) is 4.67. The molecule has 1 unspecified atom stereocenters. The van der Waals surface area contributed by atoms with Crippen LogP contribution in [0.15, 0.2) is 36.4 Å². The molecule has 0 saturated carbocycles. The summed E-state index contributed by atoms with van der Waals surface area (Å²) in [6.07, 6.45) is -5.46. The highest BCUT2D eigenvalue weighted by Gasteiger charge is 2.49. The van der Waals surface area contributed by atoms with Gasteiger partial charge in [0.05, 0.1) is 18.1 Å². The zero-order valence-electron chi connectivity index (χ0n) is 13.0. The first-order valence-electron chi connectivity index (χ1n) is 7.60. The minimum absolute atomic E-state index is 0.0893. The molecule has 2 nitrogen and oxygen atoms in total. The number of aliphatic hydroxyl groups excluding tert-OH is 1. The van der Waals surface area contributed by atoms with Crippen LogP contribution in [0, 0.1) is 11.3 Å². The van der Waals surface area contributed by atoms with E-state index in [0.717, 1.165) is 10.8 Å². The maximum Gasteiger partial charge on any atom is 0.393 e. The van der Waals surface area contributed by atoms with Gasteiger partial charge in [-0.3, -0.25) is 0 Å². The van der Waals surface area contributed by atoms with Crippen LogP contribution in [0.1, 0.15) is 31.9 Å². The van der Waals surface area contributed by atoms with Crippen molar-refractivity contribution in [3.05, 3.63) is 42.0 Å². The number of alkyl halides is 3. The summed E-state index contributed by atoms with van der Waals surface area (Å²) in [5.74, 6) is -0.0396. The Labute approximate surface area is 132 Å². The molecule has 23 heavy (non-hydrogen) atoms. The average molecular weight is 324 g/mol. The lowest BCUT2D eigenvalue weighted by molar-refractivity contribution is -0.220. The predicted octanol–water partition coefficient (Wildman–Crippen LogP) is 4.86. The quantitative estimate of drug-likeness (QED) is 0.855. The lowest BCUT2D eigenvalue weighted by atomic mass is 9.77. The largest absolute Gasteiger partial charge is 0.493 e. The Balaban J connectivity index is 1.97. The molecule has 0 fully saturated rings. The fourth-order valence-electron chi connectivity index (χ4n) is 3.17. The summed E-state index contributed by atoms with van der Waals surface area (Å²) in [6.45, 7) is 2.42. The molecule has 1 heterocycles. The Morgan fingerprint density at radius 3 is 2.52 bits per heavy atom. The van der Waals surface area contributed by atoms with Crippen LogP contribution in [0.2, 0.25) is 0 Å². The van der Waals surface area contributed by atoms with Gasteiger partial charge in [-0.05, 0) is 23.3 Å². The van der Waals surface area contributed by atoms with E-state index in [-0.39, 0.29) is 13.0 Å². The summed E-state index contributed by atoms with van der Waals surface area (Å²) in [7, 11) is 0. The van der Waals surface area contributed by atoms with Crippen molar-refractivity contribution in [2.75, 3.05) is 6.61 Å². The number of aliphatic hydroxyl groups is 1. The second kappa shape index (κ2) is 5.41. The lowest BCUT2D eigenvalue weighted by Crippen LogP contribution is -2.38. The van der Waals surface area contributed by atoms with Crippen LogP contribution in [0.3, 0.4) is 0 Å². The van der Waals surface area contributed by atoms with E-state index in [9.17, 15) is 18.3 Å². The van der Waals surface area contributed by atoms with Crippen LogP contribution in [-0.2, 0) is 0 Å². The van der Waals surface area contributed by atoms with E-state index in [1.165, 1.54) is 13.8 Å². The number of ether oxygens (including phenoxy) is 1. The van der Waals surface area contributed by atoms with Crippen molar-refractivity contribution >= 4 is 10.8 Å². The molecule has 3 rings (SSSR count). The van der Waals surface area contributed by atoms with Gasteiger partial charge in [0, 0.05) is 11.5 Å². The van der Waals surface area contributed by atoms with Gasteiger partial charge in [0.1, 0.15) is 5.75 Å². The molecule has 0 bridgehead atoms. The highest BCUT2D eigenvalue weighted by Crippen LogP contribution is 2.48. The normalized spacial score (nSPS) is 21.8. The summed E-state index contributed by atoms with van der Waals surface area (Å²) < 4.78 is 45.1. The third-order valence-corrected chi connectivity index (χ3v) is 4.67. The summed E-state index contributed by atoms with van der Waals surface area (Å²) >= 11 is 0. The Hall–Kier alpha value is -1.75. The van der Waals surface area contributed by atoms with Gasteiger partial charge >= 0.3 is 6.18 Å². The monoisotopic (exact) mass is 324 g/mol. The summed E-state index contributed by atoms with van der Waals surface area (Å²) in [6, 6.07) is 11.2. The van der Waals surface area contributed by atoms with Gasteiger partial charge in [-0.25, -0.2) is 0 Å². The first-order chi connectivity index (χ1) is 10.7. The number of benzene rings is 2. The smallest absolute Gasteiger partial charge is 0.393 e. The van der Waals surface area contributed by atoms with Crippen molar-refractivity contribution in [2.45, 2.75) is 32.5 Å². The third kappa shape index (κ3) is 2.78. The molecule has 1 aliphatic rings. The maximum atomic E-state index is 13.1. The van der Waals surface area contributed by atoms with E-state index in [1.54, 1.807) is 6.07 Å². The van der Waals surface area contributed by atoms with E-state index >= 15 is 0 Å². The highest BCUT2D eigenvalue weighted by atomic mass is 19.4. The lowest BCUT2D eigenvalue weighted by Gasteiger charge is -2.37. The molecule has 0 aromatic heterocycles. The molecule has 1 aliphatic heterocycles. The first-order valence-corrected chi connectivity index (χ1v) is 7.60. The Kier molecular flexibility index (Phi) is 3.79. The van der Waals surface area contributed by atoms with Crippen molar-refractivity contribution in [3.63, 3.8) is 0 Å². The topological polar surface area (TPSA) is 29.5 Å². The Bertz CT molecular complexity index is 722.